The van der Waals surface area contributed by atoms with E-state index in [1.54, 1.807) is 36.4 Å². The topological polar surface area (TPSA) is 86.8 Å². The molecular formula is C35H34Cl2FN3O4S. The Morgan fingerprint density at radius 1 is 0.826 bits per heavy atom. The molecule has 1 aliphatic rings. The molecule has 1 N–H and O–H groups in total. The molecule has 0 heterocycles. The van der Waals surface area contributed by atoms with Crippen LogP contribution in [0.4, 0.5) is 10.1 Å². The van der Waals surface area contributed by atoms with Crippen LogP contribution in [-0.4, -0.2) is 43.8 Å². The van der Waals surface area contributed by atoms with Gasteiger partial charge in [0, 0.05) is 34.6 Å². The van der Waals surface area contributed by atoms with Crippen LogP contribution in [-0.2, 0) is 32.6 Å². The molecule has 0 saturated heterocycles. The molecule has 2 amide bonds. The van der Waals surface area contributed by atoms with Crippen LogP contribution in [0.15, 0.2) is 108 Å². The zero-order valence-electron chi connectivity index (χ0n) is 25.0. The van der Waals surface area contributed by atoms with Crippen molar-refractivity contribution in [2.75, 3.05) is 10.8 Å². The molecule has 240 valence electrons. The summed E-state index contributed by atoms with van der Waals surface area (Å²) in [7, 11) is -4.30. The number of nitrogens with one attached hydrogen (secondary N) is 1. The molecule has 46 heavy (non-hydrogen) atoms. The lowest BCUT2D eigenvalue weighted by Gasteiger charge is -2.34. The number of carbonyl (C=O) groups excluding carboxylic acids is 2. The highest BCUT2D eigenvalue weighted by Gasteiger charge is 2.36. The van der Waals surface area contributed by atoms with Gasteiger partial charge < -0.3 is 10.2 Å². The third kappa shape index (κ3) is 8.07. The first-order chi connectivity index (χ1) is 22.1. The van der Waals surface area contributed by atoms with E-state index in [9.17, 15) is 22.4 Å². The van der Waals surface area contributed by atoms with Gasteiger partial charge in [0.25, 0.3) is 10.0 Å². The summed E-state index contributed by atoms with van der Waals surface area (Å²) in [6, 6.07) is 25.7. The number of sulfonamides is 1. The lowest BCUT2D eigenvalue weighted by Crippen LogP contribution is -2.54. The summed E-state index contributed by atoms with van der Waals surface area (Å²) in [5, 5.41) is 3.72. The second kappa shape index (κ2) is 15.1. The van der Waals surface area contributed by atoms with Crippen molar-refractivity contribution in [1.29, 1.82) is 0 Å². The fourth-order valence-electron chi connectivity index (χ4n) is 5.63. The van der Waals surface area contributed by atoms with Gasteiger partial charge in [-0.2, -0.15) is 0 Å². The number of hydrogen-bond acceptors (Lipinski definition) is 4. The third-order valence-corrected chi connectivity index (χ3v) is 10.6. The normalized spacial score (nSPS) is 14.1. The highest BCUT2D eigenvalue weighted by atomic mass is 35.5. The number of rotatable bonds is 12. The van der Waals surface area contributed by atoms with Gasteiger partial charge in [-0.3, -0.25) is 13.9 Å². The number of halogens is 3. The summed E-state index contributed by atoms with van der Waals surface area (Å²) < 4.78 is 42.9. The van der Waals surface area contributed by atoms with Gasteiger partial charge in [-0.15, -0.1) is 0 Å². The minimum atomic E-state index is -4.30. The van der Waals surface area contributed by atoms with E-state index in [0.717, 1.165) is 47.7 Å². The molecule has 1 atom stereocenters. The molecule has 0 radical (unpaired) electrons. The van der Waals surface area contributed by atoms with E-state index in [0.29, 0.717) is 15.6 Å². The summed E-state index contributed by atoms with van der Waals surface area (Å²) in [4.78, 5) is 29.9. The van der Waals surface area contributed by atoms with Crippen LogP contribution in [0.5, 0.6) is 0 Å². The van der Waals surface area contributed by atoms with Crippen molar-refractivity contribution in [2.45, 2.75) is 55.6 Å². The minimum absolute atomic E-state index is 0.0270. The van der Waals surface area contributed by atoms with Gasteiger partial charge in [0.2, 0.25) is 11.8 Å². The molecule has 7 nitrogen and oxygen atoms in total. The Labute approximate surface area is 279 Å². The van der Waals surface area contributed by atoms with Crippen molar-refractivity contribution >= 4 is 50.7 Å². The van der Waals surface area contributed by atoms with Crippen LogP contribution in [0.3, 0.4) is 0 Å². The van der Waals surface area contributed by atoms with E-state index in [2.05, 4.69) is 5.32 Å². The van der Waals surface area contributed by atoms with E-state index in [1.807, 2.05) is 30.3 Å². The van der Waals surface area contributed by atoms with Crippen LogP contribution in [0.2, 0.25) is 10.0 Å². The molecule has 5 rings (SSSR count). The Hall–Kier alpha value is -3.92. The van der Waals surface area contributed by atoms with Crippen molar-refractivity contribution in [3.05, 3.63) is 130 Å². The average Bonchev–Trinajstić information content (AvgIpc) is 3.57. The highest BCUT2D eigenvalue weighted by Crippen LogP contribution is 2.29. The Bertz CT molecular complexity index is 1730. The van der Waals surface area contributed by atoms with Gasteiger partial charge >= 0.3 is 0 Å². The molecule has 1 saturated carbocycles. The number of anilines is 1. The Kier molecular flexibility index (Phi) is 11.0. The first-order valence-corrected chi connectivity index (χ1v) is 17.2. The first kappa shape index (κ1) is 33.4. The van der Waals surface area contributed by atoms with Crippen LogP contribution in [0, 0.1) is 5.82 Å². The molecule has 11 heteroatoms. The van der Waals surface area contributed by atoms with Gasteiger partial charge in [-0.25, -0.2) is 12.8 Å². The number of carbonyl (C=O) groups is 2. The van der Waals surface area contributed by atoms with E-state index >= 15 is 0 Å². The zero-order valence-corrected chi connectivity index (χ0v) is 27.3. The van der Waals surface area contributed by atoms with Crippen LogP contribution < -0.4 is 9.62 Å². The summed E-state index contributed by atoms with van der Waals surface area (Å²) in [5.74, 6) is -1.58. The Balaban J connectivity index is 1.58. The maximum atomic E-state index is 14.6. The molecule has 4 aromatic rings. The van der Waals surface area contributed by atoms with Crippen molar-refractivity contribution < 1.29 is 22.4 Å². The molecule has 0 aromatic heterocycles. The molecule has 0 spiro atoms. The van der Waals surface area contributed by atoms with Crippen LogP contribution in [0.25, 0.3) is 0 Å². The molecule has 1 fully saturated rings. The average molecular weight is 683 g/mol. The second-order valence-electron chi connectivity index (χ2n) is 11.2. The van der Waals surface area contributed by atoms with Crippen LogP contribution >= 0.6 is 23.2 Å². The van der Waals surface area contributed by atoms with Gasteiger partial charge in [-0.05, 0) is 66.9 Å². The zero-order chi connectivity index (χ0) is 32.7. The fraction of sp³-hybridized carbons (Fsp3) is 0.257. The largest absolute Gasteiger partial charge is 0.352 e. The number of hydrogen-bond donors (Lipinski definition) is 1. The molecule has 1 aliphatic carbocycles. The molecule has 1 unspecified atom stereocenters. The van der Waals surface area contributed by atoms with Crippen LogP contribution in [0.1, 0.15) is 36.8 Å². The van der Waals surface area contributed by atoms with Gasteiger partial charge in [0.1, 0.15) is 18.4 Å². The van der Waals surface area contributed by atoms with Gasteiger partial charge in [0.05, 0.1) is 10.6 Å². The lowest BCUT2D eigenvalue weighted by molar-refractivity contribution is -0.140. The predicted molar refractivity (Wildman–Crippen MR) is 179 cm³/mol. The van der Waals surface area contributed by atoms with E-state index in [1.165, 1.54) is 29.2 Å². The second-order valence-corrected chi connectivity index (χ2v) is 13.9. The monoisotopic (exact) mass is 681 g/mol. The molecular weight excluding hydrogens is 648 g/mol. The SMILES string of the molecule is O=C(NC1CCCC1)C(Cc1ccccc1)N(Cc1c(Cl)cccc1Cl)C(=O)CN(c1ccc(F)cc1)S(=O)(=O)c1ccccc1. The summed E-state index contributed by atoms with van der Waals surface area (Å²) in [5.41, 5.74) is 1.32. The van der Waals surface area contributed by atoms with E-state index < -0.39 is 34.3 Å². The van der Waals surface area contributed by atoms with Crippen molar-refractivity contribution in [2.24, 2.45) is 0 Å². The Morgan fingerprint density at radius 3 is 2.02 bits per heavy atom. The quantitative estimate of drug-likeness (QED) is 0.174. The third-order valence-electron chi connectivity index (χ3n) is 8.09. The van der Waals surface area contributed by atoms with E-state index in [-0.39, 0.29) is 35.5 Å². The maximum absolute atomic E-state index is 14.6. The van der Waals surface area contributed by atoms with Gasteiger partial charge in [0.15, 0.2) is 0 Å². The maximum Gasteiger partial charge on any atom is 0.264 e. The molecule has 0 bridgehead atoms. The molecule has 4 aromatic carbocycles. The number of amides is 2. The van der Waals surface area contributed by atoms with Crippen molar-refractivity contribution in [3.8, 4) is 0 Å². The van der Waals surface area contributed by atoms with Gasteiger partial charge in [-0.1, -0.05) is 90.6 Å². The summed E-state index contributed by atoms with van der Waals surface area (Å²) in [6.07, 6.45) is 3.82. The lowest BCUT2D eigenvalue weighted by atomic mass is 10.0. The predicted octanol–water partition coefficient (Wildman–Crippen LogP) is 7.03. The van der Waals surface area contributed by atoms with Crippen molar-refractivity contribution in [3.63, 3.8) is 0 Å². The fourth-order valence-corrected chi connectivity index (χ4v) is 7.58. The van der Waals surface area contributed by atoms with E-state index in [4.69, 9.17) is 23.2 Å². The summed E-state index contributed by atoms with van der Waals surface area (Å²) in [6.45, 7) is -0.831. The Morgan fingerprint density at radius 2 is 1.41 bits per heavy atom. The number of nitrogens with zero attached hydrogens (tertiary/aromatic N) is 2. The minimum Gasteiger partial charge on any atom is -0.352 e. The summed E-state index contributed by atoms with van der Waals surface area (Å²) >= 11 is 13.1. The highest BCUT2D eigenvalue weighted by molar-refractivity contribution is 7.92. The smallest absolute Gasteiger partial charge is 0.264 e. The standard InChI is InChI=1S/C35H34Cl2FN3O4S/c36-31-16-9-17-32(37)30(31)23-40(33(22-25-10-3-1-4-11-25)35(43)39-27-12-7-8-13-27)34(42)24-41(28-20-18-26(38)19-21-28)46(44,45)29-14-5-2-6-15-29/h1-6,9-11,14-21,27,33H,7-8,12-13,22-24H2,(H,39,43). The first-order valence-electron chi connectivity index (χ1n) is 15.0. The number of benzene rings is 4. The molecule has 0 aliphatic heterocycles. The van der Waals surface area contributed by atoms with Crippen molar-refractivity contribution in [1.82, 2.24) is 10.2 Å².